The van der Waals surface area contributed by atoms with Gasteiger partial charge in [0.05, 0.1) is 6.10 Å². The zero-order valence-electron chi connectivity index (χ0n) is 12.1. The van der Waals surface area contributed by atoms with Gasteiger partial charge in [-0.2, -0.15) is 0 Å². The molecule has 2 fully saturated rings. The number of piperidine rings is 1. The maximum absolute atomic E-state index is 10.0. The summed E-state index contributed by atoms with van der Waals surface area (Å²) in [4.78, 5) is 2.51. The Labute approximate surface area is 112 Å². The van der Waals surface area contributed by atoms with E-state index in [9.17, 15) is 5.11 Å². The molecule has 0 aromatic heterocycles. The molecule has 1 saturated heterocycles. The Kier molecular flexibility index (Phi) is 5.05. The van der Waals surface area contributed by atoms with Crippen molar-refractivity contribution in [1.29, 1.82) is 0 Å². The number of likely N-dealkylation sites (tertiary alicyclic amines) is 1. The topological polar surface area (TPSA) is 35.5 Å². The van der Waals surface area contributed by atoms with Crippen LogP contribution in [-0.4, -0.2) is 49.3 Å². The van der Waals surface area contributed by atoms with Crippen molar-refractivity contribution >= 4 is 0 Å². The molecule has 106 valence electrons. The van der Waals surface area contributed by atoms with E-state index < -0.39 is 0 Å². The number of hydrogen-bond donors (Lipinski definition) is 2. The van der Waals surface area contributed by atoms with Gasteiger partial charge in [-0.05, 0) is 44.2 Å². The molecule has 2 N–H and O–H groups in total. The van der Waals surface area contributed by atoms with E-state index in [0.717, 1.165) is 19.5 Å². The van der Waals surface area contributed by atoms with Crippen LogP contribution in [0, 0.1) is 11.3 Å². The molecule has 18 heavy (non-hydrogen) atoms. The molecule has 0 radical (unpaired) electrons. The third-order valence-electron chi connectivity index (χ3n) is 5.03. The van der Waals surface area contributed by atoms with Crippen LogP contribution in [0.1, 0.15) is 45.4 Å². The lowest BCUT2D eigenvalue weighted by Crippen LogP contribution is -2.50. The molecule has 1 heterocycles. The highest BCUT2D eigenvalue weighted by atomic mass is 16.3. The number of aliphatic hydroxyl groups is 1. The van der Waals surface area contributed by atoms with Gasteiger partial charge in [0.2, 0.25) is 0 Å². The van der Waals surface area contributed by atoms with Crippen LogP contribution >= 0.6 is 0 Å². The van der Waals surface area contributed by atoms with E-state index in [2.05, 4.69) is 24.2 Å². The number of rotatable bonds is 4. The highest BCUT2D eigenvalue weighted by Gasteiger charge is 2.35. The van der Waals surface area contributed by atoms with Gasteiger partial charge in [0.25, 0.3) is 0 Å². The zero-order chi connectivity index (χ0) is 13.0. The largest absolute Gasteiger partial charge is 0.392 e. The van der Waals surface area contributed by atoms with Crippen LogP contribution in [0.25, 0.3) is 0 Å². The van der Waals surface area contributed by atoms with Crippen LogP contribution in [-0.2, 0) is 0 Å². The van der Waals surface area contributed by atoms with Crippen molar-refractivity contribution in [3.05, 3.63) is 0 Å². The third kappa shape index (κ3) is 3.46. The molecule has 2 rings (SSSR count). The number of hydrogen-bond acceptors (Lipinski definition) is 3. The minimum absolute atomic E-state index is 0.117. The molecule has 2 unspecified atom stereocenters. The first-order valence-electron chi connectivity index (χ1n) is 7.70. The Bertz CT molecular complexity index is 245. The monoisotopic (exact) mass is 254 g/mol. The molecule has 3 nitrogen and oxygen atoms in total. The number of aliphatic hydroxyl groups excluding tert-OH is 1. The zero-order valence-corrected chi connectivity index (χ0v) is 12.1. The first-order chi connectivity index (χ1) is 8.65. The second kappa shape index (κ2) is 6.36. The first kappa shape index (κ1) is 14.3. The summed E-state index contributed by atoms with van der Waals surface area (Å²) in [5, 5.41) is 13.4. The van der Waals surface area contributed by atoms with Crippen LogP contribution in [0.5, 0.6) is 0 Å². The third-order valence-corrected chi connectivity index (χ3v) is 5.03. The molecule has 1 aliphatic heterocycles. The smallest absolute Gasteiger partial charge is 0.0693 e. The molecule has 2 aliphatic rings. The van der Waals surface area contributed by atoms with Crippen molar-refractivity contribution in [2.24, 2.45) is 11.3 Å². The van der Waals surface area contributed by atoms with E-state index in [4.69, 9.17) is 0 Å². The van der Waals surface area contributed by atoms with E-state index in [1.165, 1.54) is 45.2 Å². The van der Waals surface area contributed by atoms with Gasteiger partial charge in [-0.25, -0.2) is 0 Å². The van der Waals surface area contributed by atoms with E-state index in [0.29, 0.717) is 11.3 Å². The fourth-order valence-corrected chi connectivity index (χ4v) is 3.80. The van der Waals surface area contributed by atoms with Crippen LogP contribution < -0.4 is 5.32 Å². The van der Waals surface area contributed by atoms with E-state index in [-0.39, 0.29) is 6.10 Å². The van der Waals surface area contributed by atoms with Gasteiger partial charge in [-0.3, -0.25) is 0 Å². The van der Waals surface area contributed by atoms with Gasteiger partial charge in [0.15, 0.2) is 0 Å². The first-order valence-corrected chi connectivity index (χ1v) is 7.70. The normalized spacial score (nSPS) is 33.5. The number of nitrogens with one attached hydrogen (secondary N) is 1. The van der Waals surface area contributed by atoms with Crippen molar-refractivity contribution in [3.8, 4) is 0 Å². The minimum atomic E-state index is -0.117. The average molecular weight is 254 g/mol. The molecule has 0 spiro atoms. The molecule has 0 bridgehead atoms. The minimum Gasteiger partial charge on any atom is -0.392 e. The summed E-state index contributed by atoms with van der Waals surface area (Å²) in [6, 6.07) is 0. The summed E-state index contributed by atoms with van der Waals surface area (Å²) >= 11 is 0. The van der Waals surface area contributed by atoms with Crippen molar-refractivity contribution in [2.45, 2.75) is 51.6 Å². The fraction of sp³-hybridized carbons (Fsp3) is 1.00. The molecular weight excluding hydrogens is 224 g/mol. The summed E-state index contributed by atoms with van der Waals surface area (Å²) in [6.45, 7) is 6.54. The second-order valence-electron chi connectivity index (χ2n) is 6.66. The lowest BCUT2D eigenvalue weighted by atomic mass is 9.73. The van der Waals surface area contributed by atoms with Gasteiger partial charge in [0.1, 0.15) is 0 Å². The van der Waals surface area contributed by atoms with Gasteiger partial charge >= 0.3 is 0 Å². The maximum Gasteiger partial charge on any atom is 0.0693 e. The Morgan fingerprint density at radius 3 is 2.61 bits per heavy atom. The van der Waals surface area contributed by atoms with Crippen molar-refractivity contribution < 1.29 is 5.11 Å². The predicted molar refractivity (Wildman–Crippen MR) is 75.7 cm³/mol. The van der Waals surface area contributed by atoms with Crippen LogP contribution in [0.2, 0.25) is 0 Å². The molecule has 3 heteroatoms. The standard InChI is InChI=1S/C15H30N2O/c1-13-6-9-17(10-14(13)18)12-15(11-16-2)7-4-3-5-8-15/h13-14,16,18H,3-12H2,1-2H3. The SMILES string of the molecule is CNCC1(CN2CCC(C)C(O)C2)CCCCC1. The molecule has 1 aliphatic carbocycles. The van der Waals surface area contributed by atoms with Crippen molar-refractivity contribution in [1.82, 2.24) is 10.2 Å². The lowest BCUT2D eigenvalue weighted by Gasteiger charge is -2.44. The molecule has 0 amide bonds. The van der Waals surface area contributed by atoms with Gasteiger partial charge in [-0.15, -0.1) is 0 Å². The summed E-state index contributed by atoms with van der Waals surface area (Å²) in [5.41, 5.74) is 0.466. The predicted octanol–water partition coefficient (Wildman–Crippen LogP) is 1.86. The summed E-state index contributed by atoms with van der Waals surface area (Å²) in [5.74, 6) is 0.479. The average Bonchev–Trinajstić information content (AvgIpc) is 2.35. The Hall–Kier alpha value is -0.120. The van der Waals surface area contributed by atoms with Crippen LogP contribution in [0.3, 0.4) is 0 Å². The lowest BCUT2D eigenvalue weighted by molar-refractivity contribution is 0.00240. The van der Waals surface area contributed by atoms with Crippen molar-refractivity contribution in [3.63, 3.8) is 0 Å². The maximum atomic E-state index is 10.0. The molecule has 0 aromatic carbocycles. The highest BCUT2D eigenvalue weighted by molar-refractivity contribution is 4.89. The quantitative estimate of drug-likeness (QED) is 0.804. The molecule has 0 aromatic rings. The van der Waals surface area contributed by atoms with Crippen LogP contribution in [0.15, 0.2) is 0 Å². The fourth-order valence-electron chi connectivity index (χ4n) is 3.80. The Balaban J connectivity index is 1.92. The van der Waals surface area contributed by atoms with Crippen LogP contribution in [0.4, 0.5) is 0 Å². The molecule has 2 atom stereocenters. The summed E-state index contributed by atoms with van der Waals surface area (Å²) < 4.78 is 0. The van der Waals surface area contributed by atoms with Gasteiger partial charge < -0.3 is 15.3 Å². The molecular formula is C15H30N2O. The Morgan fingerprint density at radius 1 is 1.28 bits per heavy atom. The number of β-amino-alcohol motifs (C(OH)–C–C–N with tert-alkyl or cyclic N) is 1. The second-order valence-corrected chi connectivity index (χ2v) is 6.66. The van der Waals surface area contributed by atoms with Gasteiger partial charge in [-0.1, -0.05) is 26.2 Å². The van der Waals surface area contributed by atoms with E-state index >= 15 is 0 Å². The summed E-state index contributed by atoms with van der Waals surface area (Å²) in [7, 11) is 2.07. The van der Waals surface area contributed by atoms with E-state index in [1.807, 2.05) is 0 Å². The Morgan fingerprint density at radius 2 is 2.00 bits per heavy atom. The van der Waals surface area contributed by atoms with Gasteiger partial charge in [0, 0.05) is 19.6 Å². The number of nitrogens with zero attached hydrogens (tertiary/aromatic N) is 1. The molecule has 1 saturated carbocycles. The van der Waals surface area contributed by atoms with E-state index in [1.54, 1.807) is 0 Å². The highest BCUT2D eigenvalue weighted by Crippen LogP contribution is 2.37. The summed E-state index contributed by atoms with van der Waals surface area (Å²) in [6.07, 6.45) is 7.92. The van der Waals surface area contributed by atoms with Crippen molar-refractivity contribution in [2.75, 3.05) is 33.2 Å².